The highest BCUT2D eigenvalue weighted by molar-refractivity contribution is 7.98. The number of aryl methyl sites for hydroxylation is 1. The molecule has 0 fully saturated rings. The Morgan fingerprint density at radius 1 is 1.17 bits per heavy atom. The number of nitro benzene ring substituents is 1. The van der Waals surface area contributed by atoms with Crippen molar-refractivity contribution >= 4 is 55.7 Å². The molecule has 6 nitrogen and oxygen atoms in total. The predicted molar refractivity (Wildman–Crippen MR) is 123 cm³/mol. The maximum Gasteiger partial charge on any atom is 0.270 e. The van der Waals surface area contributed by atoms with Gasteiger partial charge in [-0.15, -0.1) is 0 Å². The molecule has 152 valence electrons. The monoisotopic (exact) mass is 437 g/mol. The summed E-state index contributed by atoms with van der Waals surface area (Å²) in [7, 11) is 0. The van der Waals surface area contributed by atoms with Crippen molar-refractivity contribution in [3.63, 3.8) is 0 Å². The van der Waals surface area contributed by atoms with Crippen molar-refractivity contribution < 1.29 is 9.72 Å². The van der Waals surface area contributed by atoms with Crippen molar-refractivity contribution in [2.24, 2.45) is 4.99 Å². The van der Waals surface area contributed by atoms with Gasteiger partial charge in [0.1, 0.15) is 0 Å². The van der Waals surface area contributed by atoms with Gasteiger partial charge in [-0.1, -0.05) is 53.8 Å². The minimum absolute atomic E-state index is 0.0365. The molecule has 0 bridgehead atoms. The lowest BCUT2D eigenvalue weighted by Gasteiger charge is -2.05. The number of carbonyl (C=O) groups excluding carboxylic acids is 1. The summed E-state index contributed by atoms with van der Waals surface area (Å²) < 4.78 is 2.73. The van der Waals surface area contributed by atoms with E-state index in [9.17, 15) is 14.9 Å². The second kappa shape index (κ2) is 8.81. The largest absolute Gasteiger partial charge is 0.316 e. The molecule has 1 amide bonds. The predicted octanol–water partition coefficient (Wildman–Crippen LogP) is 4.80. The molecule has 1 aromatic heterocycles. The second-order valence-electron chi connectivity index (χ2n) is 6.76. The molecule has 0 spiro atoms. The van der Waals surface area contributed by atoms with Gasteiger partial charge in [-0.2, -0.15) is 16.8 Å². The highest BCUT2D eigenvalue weighted by Gasteiger charge is 2.13. The lowest BCUT2D eigenvalue weighted by Crippen LogP contribution is -2.18. The molecule has 0 aliphatic heterocycles. The maximum absolute atomic E-state index is 12.8. The van der Waals surface area contributed by atoms with Crippen molar-refractivity contribution in [3.05, 3.63) is 81.1 Å². The van der Waals surface area contributed by atoms with Crippen LogP contribution in [0.1, 0.15) is 5.56 Å². The number of hydrogen-bond acceptors (Lipinski definition) is 5. The van der Waals surface area contributed by atoms with E-state index < -0.39 is 4.92 Å². The minimum atomic E-state index is -0.409. The van der Waals surface area contributed by atoms with Gasteiger partial charge >= 0.3 is 0 Å². The van der Waals surface area contributed by atoms with E-state index in [1.807, 2.05) is 53.3 Å². The van der Waals surface area contributed by atoms with Crippen LogP contribution in [0.15, 0.2) is 65.7 Å². The average Bonchev–Trinajstić information content (AvgIpc) is 3.08. The number of nitrogens with zero attached hydrogens (tertiary/aromatic N) is 3. The van der Waals surface area contributed by atoms with Gasteiger partial charge < -0.3 is 4.57 Å². The maximum atomic E-state index is 12.8. The Morgan fingerprint density at radius 2 is 1.97 bits per heavy atom. The van der Waals surface area contributed by atoms with E-state index in [1.54, 1.807) is 23.9 Å². The summed E-state index contributed by atoms with van der Waals surface area (Å²) in [6.45, 7) is 0.680. The number of rotatable bonds is 6. The molecule has 0 aliphatic rings. The number of aromatic nitrogens is 1. The smallest absolute Gasteiger partial charge is 0.270 e. The number of fused-ring (bicyclic) bond motifs is 2. The van der Waals surface area contributed by atoms with Gasteiger partial charge in [-0.05, 0) is 28.7 Å². The number of carbonyl (C=O) groups is 1. The molecular formula is C22H19N3O3S2. The van der Waals surface area contributed by atoms with Crippen molar-refractivity contribution in [2.45, 2.75) is 13.0 Å². The van der Waals surface area contributed by atoms with Crippen molar-refractivity contribution in [3.8, 4) is 0 Å². The topological polar surface area (TPSA) is 77.5 Å². The molecule has 0 aliphatic carbocycles. The van der Waals surface area contributed by atoms with Crippen LogP contribution in [0.2, 0.25) is 0 Å². The summed E-state index contributed by atoms with van der Waals surface area (Å²) in [6.07, 6.45) is 2.22. The molecule has 0 N–H and O–H groups in total. The zero-order valence-corrected chi connectivity index (χ0v) is 17.9. The van der Waals surface area contributed by atoms with E-state index in [1.165, 1.54) is 17.4 Å². The lowest BCUT2D eigenvalue weighted by molar-refractivity contribution is -0.384. The average molecular weight is 438 g/mol. The molecule has 30 heavy (non-hydrogen) atoms. The van der Waals surface area contributed by atoms with Crippen LogP contribution < -0.4 is 4.80 Å². The van der Waals surface area contributed by atoms with Crippen LogP contribution in [0.3, 0.4) is 0 Å². The Hall–Kier alpha value is -2.97. The molecule has 4 rings (SSSR count). The van der Waals surface area contributed by atoms with Crippen molar-refractivity contribution in [1.82, 2.24) is 4.57 Å². The number of thioether (sulfide) groups is 1. The van der Waals surface area contributed by atoms with E-state index in [0.29, 0.717) is 11.3 Å². The Labute approximate surface area is 181 Å². The summed E-state index contributed by atoms with van der Waals surface area (Å²) in [5.41, 5.74) is 1.83. The molecule has 3 aromatic carbocycles. The van der Waals surface area contributed by atoms with Crippen LogP contribution in [-0.2, 0) is 17.8 Å². The van der Waals surface area contributed by atoms with E-state index in [-0.39, 0.29) is 18.0 Å². The first-order valence-corrected chi connectivity index (χ1v) is 11.6. The van der Waals surface area contributed by atoms with Crippen LogP contribution in [-0.4, -0.2) is 27.4 Å². The lowest BCUT2D eigenvalue weighted by atomic mass is 10.0. The summed E-state index contributed by atoms with van der Waals surface area (Å²) in [5, 5.41) is 13.3. The fraction of sp³-hybridized carbons (Fsp3) is 0.182. The van der Waals surface area contributed by atoms with Gasteiger partial charge in [0.15, 0.2) is 4.80 Å². The van der Waals surface area contributed by atoms with Gasteiger partial charge in [0.25, 0.3) is 11.6 Å². The standard InChI is InChI=1S/C22H19N3O3S2/c1-29-12-11-24-19-10-9-17(25(27)28)14-20(19)30-22(24)23-21(26)13-16-7-4-6-15-5-2-3-8-18(15)16/h2-10,14H,11-13H2,1H3. The van der Waals surface area contributed by atoms with E-state index >= 15 is 0 Å². The molecule has 4 aromatic rings. The Morgan fingerprint density at radius 3 is 2.77 bits per heavy atom. The number of benzene rings is 3. The molecule has 8 heteroatoms. The number of thiazole rings is 1. The van der Waals surface area contributed by atoms with Crippen LogP contribution in [0, 0.1) is 10.1 Å². The summed E-state index contributed by atoms with van der Waals surface area (Å²) >= 11 is 3.01. The first-order valence-electron chi connectivity index (χ1n) is 9.38. The molecule has 1 heterocycles. The number of hydrogen-bond donors (Lipinski definition) is 0. The van der Waals surface area contributed by atoms with Crippen LogP contribution in [0.25, 0.3) is 21.0 Å². The molecule has 0 saturated heterocycles. The Kier molecular flexibility index (Phi) is 5.96. The number of non-ortho nitro benzene ring substituents is 1. The van der Waals surface area contributed by atoms with E-state index in [2.05, 4.69) is 4.99 Å². The molecular weight excluding hydrogens is 418 g/mol. The zero-order chi connectivity index (χ0) is 21.1. The second-order valence-corrected chi connectivity index (χ2v) is 8.75. The molecule has 0 atom stereocenters. The quantitative estimate of drug-likeness (QED) is 0.321. The summed E-state index contributed by atoms with van der Waals surface area (Å²) in [4.78, 5) is 28.5. The van der Waals surface area contributed by atoms with Crippen LogP contribution in [0.4, 0.5) is 5.69 Å². The van der Waals surface area contributed by atoms with Gasteiger partial charge in [0.05, 0.1) is 21.6 Å². The van der Waals surface area contributed by atoms with Gasteiger partial charge in [-0.25, -0.2) is 0 Å². The van der Waals surface area contributed by atoms with Gasteiger partial charge in [0.2, 0.25) is 0 Å². The SMILES string of the molecule is CSCCn1c(=NC(=O)Cc2cccc3ccccc23)sc2cc([N+](=O)[O-])ccc21. The highest BCUT2D eigenvalue weighted by atomic mass is 32.2. The van der Waals surface area contributed by atoms with E-state index in [0.717, 1.165) is 32.3 Å². The van der Waals surface area contributed by atoms with Gasteiger partial charge in [0, 0.05) is 24.4 Å². The van der Waals surface area contributed by atoms with E-state index in [4.69, 9.17) is 0 Å². The first kappa shape index (κ1) is 20.3. The number of nitro groups is 1. The van der Waals surface area contributed by atoms with Crippen molar-refractivity contribution in [2.75, 3.05) is 12.0 Å². The third-order valence-corrected chi connectivity index (χ3v) is 6.47. The Bertz CT molecular complexity index is 1320. The van der Waals surface area contributed by atoms with Crippen LogP contribution in [0.5, 0.6) is 0 Å². The first-order chi connectivity index (χ1) is 14.6. The zero-order valence-electron chi connectivity index (χ0n) is 16.3. The molecule has 0 unspecified atom stereocenters. The fourth-order valence-electron chi connectivity index (χ4n) is 3.42. The van der Waals surface area contributed by atoms with Crippen LogP contribution >= 0.6 is 23.1 Å². The minimum Gasteiger partial charge on any atom is -0.316 e. The normalized spacial score (nSPS) is 12.0. The number of amides is 1. The fourth-order valence-corrected chi connectivity index (χ4v) is 4.89. The molecule has 0 saturated carbocycles. The Balaban J connectivity index is 1.74. The third-order valence-electron chi connectivity index (χ3n) is 4.84. The third kappa shape index (κ3) is 4.15. The summed E-state index contributed by atoms with van der Waals surface area (Å²) in [5.74, 6) is 0.623. The van der Waals surface area contributed by atoms with Gasteiger partial charge in [-0.3, -0.25) is 14.9 Å². The molecule has 0 radical (unpaired) electrons. The van der Waals surface area contributed by atoms with Crippen molar-refractivity contribution in [1.29, 1.82) is 0 Å². The summed E-state index contributed by atoms with van der Waals surface area (Å²) in [6, 6.07) is 18.7. The highest BCUT2D eigenvalue weighted by Crippen LogP contribution is 2.24.